The number of nitrogens with zero attached hydrogens (tertiary/aromatic N) is 2. The molecule has 2 aliphatic rings. The third-order valence-electron chi connectivity index (χ3n) is 6.11. The smallest absolute Gasteiger partial charge is 0.624 e. The van der Waals surface area contributed by atoms with E-state index in [-0.39, 0.29) is 74.2 Å². The first kappa shape index (κ1) is 22.1. The van der Waals surface area contributed by atoms with Gasteiger partial charge in [0.1, 0.15) is 5.60 Å². The monoisotopic (exact) mass is 381 g/mol. The van der Waals surface area contributed by atoms with E-state index >= 15 is 4.39 Å². The summed E-state index contributed by atoms with van der Waals surface area (Å²) in [6.07, 6.45) is -0.625. The minimum atomic E-state index is -2.20. The van der Waals surface area contributed by atoms with Gasteiger partial charge in [0.15, 0.2) is 0 Å². The largest absolute Gasteiger partial charge is 1.00 e. The molecule has 0 aromatic rings. The van der Waals surface area contributed by atoms with Crippen LogP contribution in [0.1, 0.15) is 70.6 Å². The summed E-state index contributed by atoms with van der Waals surface area (Å²) in [5.74, 6) is -2.35. The maximum atomic E-state index is 15.6. The van der Waals surface area contributed by atoms with Gasteiger partial charge in [-0.15, -0.1) is 6.04 Å². The molecule has 0 aromatic carbocycles. The molecule has 2 fully saturated rings. The van der Waals surface area contributed by atoms with Gasteiger partial charge in [0.2, 0.25) is 0 Å². The summed E-state index contributed by atoms with van der Waals surface area (Å²) in [7, 11) is 0. The molecule has 6 atom stereocenters. The van der Waals surface area contributed by atoms with Gasteiger partial charge >= 0.3 is 57.5 Å². The number of carbonyl (C=O) groups excluding carboxylic acids is 1. The molecule has 5 unspecified atom stereocenters. The first-order valence-electron chi connectivity index (χ1n) is 9.31. The van der Waals surface area contributed by atoms with Crippen molar-refractivity contribution in [2.45, 2.75) is 98.7 Å². The van der Waals surface area contributed by atoms with Crippen LogP contribution in [0.3, 0.4) is 0 Å². The van der Waals surface area contributed by atoms with Gasteiger partial charge in [0, 0.05) is 17.2 Å². The number of cyclic esters (lactones) is 1. The Labute approximate surface area is 196 Å². The molecule has 0 aromatic heterocycles. The van der Waals surface area contributed by atoms with Crippen LogP contribution in [0.4, 0.5) is 9.18 Å². The van der Waals surface area contributed by atoms with E-state index in [9.17, 15) is 4.79 Å². The molecule has 1 amide bonds. The Morgan fingerprint density at radius 1 is 1.20 bits per heavy atom. The fraction of sp³-hybridized carbons (Fsp3) is 0.947. The van der Waals surface area contributed by atoms with Gasteiger partial charge in [-0.05, 0) is 26.7 Å². The van der Waals surface area contributed by atoms with Crippen molar-refractivity contribution in [3.63, 3.8) is 0 Å². The van der Waals surface area contributed by atoms with Gasteiger partial charge in [-0.3, -0.25) is 9.29 Å². The molecule has 4 nitrogen and oxygen atoms in total. The van der Waals surface area contributed by atoms with Crippen LogP contribution in [0.5, 0.6) is 0 Å². The number of carbonyl (C=O) groups is 1. The number of hydrogen-bond acceptors (Lipinski definition) is 2. The van der Waals surface area contributed by atoms with Gasteiger partial charge < -0.3 is 10.1 Å². The molecule has 2 aliphatic heterocycles. The van der Waals surface area contributed by atoms with Gasteiger partial charge in [-0.1, -0.05) is 53.9 Å². The summed E-state index contributed by atoms with van der Waals surface area (Å²) in [4.78, 5) is 14.1. The Balaban J connectivity index is 0.00000338. The van der Waals surface area contributed by atoms with Crippen molar-refractivity contribution in [2.24, 2.45) is 16.7 Å². The van der Waals surface area contributed by atoms with Crippen LogP contribution in [-0.4, -0.2) is 40.5 Å². The van der Waals surface area contributed by atoms with Gasteiger partial charge in [0.25, 0.3) is 0 Å². The fourth-order valence-corrected chi connectivity index (χ4v) is 4.18. The molecule has 0 bridgehead atoms. The average molecular weight is 382 g/mol. The van der Waals surface area contributed by atoms with Crippen LogP contribution in [0, 0.1) is 16.7 Å². The number of rotatable bonds is 0. The van der Waals surface area contributed by atoms with E-state index in [2.05, 4.69) is 5.32 Å². The zero-order chi connectivity index (χ0) is 19.8. The Hall–Kier alpha value is 0.796. The second-order valence-electron chi connectivity index (χ2n) is 9.88. The summed E-state index contributed by atoms with van der Waals surface area (Å²) < 4.78 is 30.2. The number of amides is 1. The molecule has 2 rings (SSSR count). The van der Waals surface area contributed by atoms with Crippen LogP contribution in [0.15, 0.2) is 0 Å². The van der Waals surface area contributed by atoms with E-state index in [1.807, 2.05) is 55.4 Å². The van der Waals surface area contributed by atoms with Crippen molar-refractivity contribution in [3.8, 4) is 0 Å². The topological polar surface area (TPSA) is 43.6 Å². The molecule has 0 aliphatic carbocycles. The molecule has 25 heavy (non-hydrogen) atoms. The minimum Gasteiger partial charge on any atom is -0.624 e. The summed E-state index contributed by atoms with van der Waals surface area (Å²) in [5.41, 5.74) is -1.51. The second-order valence-corrected chi connectivity index (χ2v) is 9.88. The van der Waals surface area contributed by atoms with Crippen LogP contribution in [-0.2, 0) is 4.74 Å². The number of alkyl halides is 1. The van der Waals surface area contributed by atoms with Crippen LogP contribution >= 0.6 is 0 Å². The van der Waals surface area contributed by atoms with Crippen LogP contribution in [0.25, 0.3) is 5.32 Å². The number of fused-ring (bicyclic) bond motifs is 1. The molecule has 0 radical (unpaired) electrons. The normalized spacial score (nSPS) is 45.9. The van der Waals surface area contributed by atoms with E-state index in [0.29, 0.717) is 0 Å². The maximum absolute atomic E-state index is 15.6. The van der Waals surface area contributed by atoms with E-state index in [4.69, 9.17) is 6.11 Å². The molecular formula is C19H34FKN2O2. The summed E-state index contributed by atoms with van der Waals surface area (Å²) in [6.45, 7) is 18.7. The zero-order valence-electron chi connectivity index (χ0n) is 18.8. The molecule has 0 N–H and O–H groups in total. The van der Waals surface area contributed by atoms with E-state index in [0.717, 1.165) is 0 Å². The van der Waals surface area contributed by atoms with Crippen LogP contribution < -0.4 is 51.4 Å². The Bertz CT molecular complexity index is 571. The summed E-state index contributed by atoms with van der Waals surface area (Å²) >= 11 is 0. The molecule has 0 spiro atoms. The first-order chi connectivity index (χ1) is 10.9. The van der Waals surface area contributed by atoms with Crippen molar-refractivity contribution in [3.05, 3.63) is 5.32 Å². The quantitative estimate of drug-likeness (QED) is 0.477. The van der Waals surface area contributed by atoms with Gasteiger partial charge in [-0.2, -0.15) is 0 Å². The predicted molar refractivity (Wildman–Crippen MR) is 94.7 cm³/mol. The standard InChI is InChI=1S/C19H34FN2O2.K/c1-11-13(16(3,4)5)21-19(10,20)12(2)22-14(11)18(9,17(6,7)8)24-15(22)23;/h11-14H,1-10H3;/q-1;+1/t11?,12?,13?,14?,18-,19?;/m0./s1/i12D;. The van der Waals surface area contributed by atoms with E-state index < -0.39 is 29.5 Å². The molecule has 140 valence electrons. The molecule has 0 saturated carbocycles. The predicted octanol–water partition coefficient (Wildman–Crippen LogP) is 2.13. The van der Waals surface area contributed by atoms with Gasteiger partial charge in [0.05, 0.1) is 7.41 Å². The maximum Gasteiger partial charge on any atom is 1.00 e. The first-order valence-corrected chi connectivity index (χ1v) is 8.81. The van der Waals surface area contributed by atoms with E-state index in [1.165, 1.54) is 18.7 Å². The van der Waals surface area contributed by atoms with Crippen LogP contribution in [0.2, 0.25) is 0 Å². The average Bonchev–Trinajstić information content (AvgIpc) is 2.62. The second kappa shape index (κ2) is 7.00. The zero-order valence-corrected chi connectivity index (χ0v) is 20.9. The summed E-state index contributed by atoms with van der Waals surface area (Å²) in [6, 6.07) is -2.63. The van der Waals surface area contributed by atoms with Crippen molar-refractivity contribution >= 4 is 6.09 Å². The SMILES string of the molecule is [2H]C1(C)N2C(=O)O[C@](C)(C(C)(C)C)C2C(C)C(C(C)(C)C)[N-]C1(C)F.[K+]. The number of hydrogen-bond donors (Lipinski definition) is 0. The van der Waals surface area contributed by atoms with Crippen molar-refractivity contribution in [1.82, 2.24) is 4.90 Å². The van der Waals surface area contributed by atoms with E-state index in [1.54, 1.807) is 0 Å². The number of halogens is 1. The van der Waals surface area contributed by atoms with Crippen molar-refractivity contribution in [1.29, 1.82) is 0 Å². The fourth-order valence-electron chi connectivity index (χ4n) is 4.18. The third-order valence-corrected chi connectivity index (χ3v) is 6.11. The third kappa shape index (κ3) is 3.86. The molecular weight excluding hydrogens is 346 g/mol. The Kier molecular flexibility index (Phi) is 6.18. The Morgan fingerprint density at radius 3 is 2.08 bits per heavy atom. The van der Waals surface area contributed by atoms with Crippen molar-refractivity contribution in [2.75, 3.05) is 0 Å². The Morgan fingerprint density at radius 2 is 1.68 bits per heavy atom. The minimum absolute atomic E-state index is 0. The number of ether oxygens (including phenoxy) is 1. The molecule has 6 heteroatoms. The van der Waals surface area contributed by atoms with Crippen molar-refractivity contribution < 1.29 is 66.7 Å². The molecule has 2 heterocycles. The van der Waals surface area contributed by atoms with Gasteiger partial charge in [-0.25, -0.2) is 4.79 Å². The summed E-state index contributed by atoms with van der Waals surface area (Å²) in [5, 5.41) is 4.47. The molecule has 2 saturated heterocycles.